The van der Waals surface area contributed by atoms with E-state index >= 15 is 0 Å². The quantitative estimate of drug-likeness (QED) is 0.843. The maximum absolute atomic E-state index is 12.3. The molecule has 8 heteroatoms. The number of ether oxygens (including phenoxy) is 1. The number of hydrogen-bond acceptors (Lipinski definition) is 5. The van der Waals surface area contributed by atoms with Crippen LogP contribution in [-0.2, 0) is 10.0 Å². The minimum absolute atomic E-state index is 0.0529. The number of nitrogens with one attached hydrogen (secondary N) is 1. The second kappa shape index (κ2) is 6.71. The molecule has 0 aliphatic heterocycles. The van der Waals surface area contributed by atoms with Crippen LogP contribution in [0.3, 0.4) is 0 Å². The Kier molecular flexibility index (Phi) is 4.89. The zero-order chi connectivity index (χ0) is 17.9. The highest BCUT2D eigenvalue weighted by Crippen LogP contribution is 2.21. The highest BCUT2D eigenvalue weighted by molar-refractivity contribution is 7.90. The lowest BCUT2D eigenvalue weighted by Crippen LogP contribution is -2.30. The van der Waals surface area contributed by atoms with E-state index in [-0.39, 0.29) is 16.0 Å². The topological polar surface area (TPSA) is 116 Å². The molecule has 0 aliphatic rings. The predicted molar refractivity (Wildman–Crippen MR) is 87.3 cm³/mol. The van der Waals surface area contributed by atoms with Crippen LogP contribution in [0.5, 0.6) is 5.75 Å². The van der Waals surface area contributed by atoms with E-state index in [0.29, 0.717) is 11.3 Å². The number of carbonyl (C=O) groups excluding carboxylic acids is 2. The van der Waals surface area contributed by atoms with E-state index in [1.807, 2.05) is 4.72 Å². The number of hydrogen-bond donors (Lipinski definition) is 2. The molecule has 0 unspecified atom stereocenters. The average Bonchev–Trinajstić information content (AvgIpc) is 2.54. The fourth-order valence-corrected chi connectivity index (χ4v) is 3.10. The van der Waals surface area contributed by atoms with Gasteiger partial charge in [0.05, 0.1) is 12.0 Å². The molecule has 0 saturated heterocycles. The first kappa shape index (κ1) is 17.5. The minimum atomic E-state index is -4.03. The van der Waals surface area contributed by atoms with E-state index in [1.165, 1.54) is 49.6 Å². The van der Waals surface area contributed by atoms with Crippen molar-refractivity contribution >= 4 is 21.8 Å². The third-order valence-corrected chi connectivity index (χ3v) is 4.66. The molecule has 0 aromatic heterocycles. The number of carbonyl (C=O) groups is 2. The molecule has 0 saturated carbocycles. The molecule has 126 valence electrons. The van der Waals surface area contributed by atoms with E-state index in [1.54, 1.807) is 6.92 Å². The Labute approximate surface area is 139 Å². The summed E-state index contributed by atoms with van der Waals surface area (Å²) >= 11 is 0. The Morgan fingerprint density at radius 1 is 1.04 bits per heavy atom. The van der Waals surface area contributed by atoms with E-state index in [0.717, 1.165) is 0 Å². The van der Waals surface area contributed by atoms with Gasteiger partial charge in [0, 0.05) is 11.1 Å². The van der Waals surface area contributed by atoms with Gasteiger partial charge in [0.1, 0.15) is 5.75 Å². The smallest absolute Gasteiger partial charge is 0.264 e. The summed E-state index contributed by atoms with van der Waals surface area (Å²) in [5, 5.41) is 0. The summed E-state index contributed by atoms with van der Waals surface area (Å²) in [5.41, 5.74) is 6.05. The van der Waals surface area contributed by atoms with Gasteiger partial charge in [-0.3, -0.25) is 9.59 Å². The lowest BCUT2D eigenvalue weighted by Gasteiger charge is -2.10. The standard InChI is InChI=1S/C16H16N2O5S/c1-10-9-13(7-8-14(10)23-2)24(21,22)18-16(20)12-5-3-11(4-6-12)15(17)19/h3-9H,1-2H3,(H2,17,19)(H,18,20). The summed E-state index contributed by atoms with van der Waals surface area (Å²) in [6, 6.07) is 9.61. The molecule has 7 nitrogen and oxygen atoms in total. The van der Waals surface area contributed by atoms with E-state index in [9.17, 15) is 18.0 Å². The number of rotatable bonds is 5. The molecular formula is C16H16N2O5S. The zero-order valence-corrected chi connectivity index (χ0v) is 13.9. The lowest BCUT2D eigenvalue weighted by atomic mass is 10.1. The van der Waals surface area contributed by atoms with Gasteiger partial charge in [-0.25, -0.2) is 13.1 Å². The molecule has 2 aromatic rings. The zero-order valence-electron chi connectivity index (χ0n) is 13.1. The first-order valence-corrected chi connectivity index (χ1v) is 8.34. The number of primary amides is 1. The second-order valence-electron chi connectivity index (χ2n) is 5.01. The van der Waals surface area contributed by atoms with Crippen LogP contribution >= 0.6 is 0 Å². The van der Waals surface area contributed by atoms with E-state index in [4.69, 9.17) is 10.5 Å². The van der Waals surface area contributed by atoms with Crippen molar-refractivity contribution in [2.75, 3.05) is 7.11 Å². The molecule has 3 N–H and O–H groups in total. The van der Waals surface area contributed by atoms with Crippen LogP contribution in [0.15, 0.2) is 47.4 Å². The Morgan fingerprint density at radius 2 is 1.62 bits per heavy atom. The first-order chi connectivity index (χ1) is 11.2. The summed E-state index contributed by atoms with van der Waals surface area (Å²) in [6.07, 6.45) is 0. The second-order valence-corrected chi connectivity index (χ2v) is 6.69. The molecular weight excluding hydrogens is 332 g/mol. The fraction of sp³-hybridized carbons (Fsp3) is 0.125. The van der Waals surface area contributed by atoms with Crippen LogP contribution in [0.1, 0.15) is 26.3 Å². The van der Waals surface area contributed by atoms with Gasteiger partial charge in [-0.1, -0.05) is 0 Å². The minimum Gasteiger partial charge on any atom is -0.496 e. The molecule has 2 aromatic carbocycles. The van der Waals surface area contributed by atoms with Crippen molar-refractivity contribution in [2.45, 2.75) is 11.8 Å². The molecule has 0 radical (unpaired) electrons. The fourth-order valence-electron chi connectivity index (χ4n) is 2.04. The molecule has 0 atom stereocenters. The van der Waals surface area contributed by atoms with Gasteiger partial charge in [0.2, 0.25) is 5.91 Å². The summed E-state index contributed by atoms with van der Waals surface area (Å²) in [5.74, 6) is -0.898. The number of benzene rings is 2. The van der Waals surface area contributed by atoms with Crippen molar-refractivity contribution in [3.8, 4) is 5.75 Å². The van der Waals surface area contributed by atoms with Crippen molar-refractivity contribution in [1.29, 1.82) is 0 Å². The van der Waals surface area contributed by atoms with Gasteiger partial charge in [-0.2, -0.15) is 0 Å². The number of nitrogens with two attached hydrogens (primary N) is 1. The Balaban J connectivity index is 2.23. The van der Waals surface area contributed by atoms with Crippen LogP contribution in [-0.4, -0.2) is 27.3 Å². The van der Waals surface area contributed by atoms with E-state index < -0.39 is 21.8 Å². The summed E-state index contributed by atoms with van der Waals surface area (Å²) in [4.78, 5) is 23.0. The van der Waals surface area contributed by atoms with Crippen molar-refractivity contribution in [1.82, 2.24) is 4.72 Å². The molecule has 0 heterocycles. The molecule has 24 heavy (non-hydrogen) atoms. The van der Waals surface area contributed by atoms with Gasteiger partial charge in [-0.15, -0.1) is 0 Å². The Hall–Kier alpha value is -2.87. The van der Waals surface area contributed by atoms with Gasteiger partial charge in [0.15, 0.2) is 0 Å². The highest BCUT2D eigenvalue weighted by Gasteiger charge is 2.19. The van der Waals surface area contributed by atoms with Gasteiger partial charge >= 0.3 is 0 Å². The third kappa shape index (κ3) is 3.72. The van der Waals surface area contributed by atoms with Gasteiger partial charge in [-0.05, 0) is 55.0 Å². The third-order valence-electron chi connectivity index (χ3n) is 3.34. The number of sulfonamides is 1. The number of methoxy groups -OCH3 is 1. The van der Waals surface area contributed by atoms with E-state index in [2.05, 4.69) is 0 Å². The molecule has 2 rings (SSSR count). The molecule has 0 spiro atoms. The lowest BCUT2D eigenvalue weighted by molar-refractivity contribution is 0.0975. The van der Waals surface area contributed by atoms with Crippen LogP contribution in [0.2, 0.25) is 0 Å². The summed E-state index contributed by atoms with van der Waals surface area (Å²) < 4.78 is 31.6. The Bertz CT molecular complexity index is 889. The number of amides is 2. The first-order valence-electron chi connectivity index (χ1n) is 6.86. The Morgan fingerprint density at radius 3 is 2.12 bits per heavy atom. The monoisotopic (exact) mass is 348 g/mol. The van der Waals surface area contributed by atoms with Crippen molar-refractivity contribution < 1.29 is 22.7 Å². The van der Waals surface area contributed by atoms with Crippen molar-refractivity contribution in [3.05, 3.63) is 59.2 Å². The number of aryl methyl sites for hydroxylation is 1. The highest BCUT2D eigenvalue weighted by atomic mass is 32.2. The van der Waals surface area contributed by atoms with Gasteiger partial charge in [0.25, 0.3) is 15.9 Å². The molecule has 0 bridgehead atoms. The maximum Gasteiger partial charge on any atom is 0.264 e. The maximum atomic E-state index is 12.3. The van der Waals surface area contributed by atoms with Crippen LogP contribution in [0.25, 0.3) is 0 Å². The van der Waals surface area contributed by atoms with Crippen LogP contribution in [0, 0.1) is 6.92 Å². The van der Waals surface area contributed by atoms with Crippen molar-refractivity contribution in [3.63, 3.8) is 0 Å². The summed E-state index contributed by atoms with van der Waals surface area (Å²) in [7, 11) is -2.55. The summed E-state index contributed by atoms with van der Waals surface area (Å²) in [6.45, 7) is 1.70. The predicted octanol–water partition coefficient (Wildman–Crippen LogP) is 1.22. The normalized spacial score (nSPS) is 10.9. The molecule has 0 fully saturated rings. The molecule has 2 amide bonds. The average molecular weight is 348 g/mol. The van der Waals surface area contributed by atoms with Crippen LogP contribution in [0.4, 0.5) is 0 Å². The largest absolute Gasteiger partial charge is 0.496 e. The SMILES string of the molecule is COc1ccc(S(=O)(=O)NC(=O)c2ccc(C(N)=O)cc2)cc1C. The van der Waals surface area contributed by atoms with Crippen LogP contribution < -0.4 is 15.2 Å². The van der Waals surface area contributed by atoms with Gasteiger partial charge < -0.3 is 10.5 Å². The van der Waals surface area contributed by atoms with Crippen molar-refractivity contribution in [2.24, 2.45) is 5.73 Å². The molecule has 0 aliphatic carbocycles.